The lowest BCUT2D eigenvalue weighted by atomic mass is 10.0. The number of aryl methyl sites for hydroxylation is 1. The lowest BCUT2D eigenvalue weighted by molar-refractivity contribution is 0.104. The van der Waals surface area contributed by atoms with Gasteiger partial charge in [-0.1, -0.05) is 23.8 Å². The van der Waals surface area contributed by atoms with Gasteiger partial charge < -0.3 is 13.7 Å². The smallest absolute Gasteiger partial charge is 0.339 e. The highest BCUT2D eigenvalue weighted by Crippen LogP contribution is 2.32. The van der Waals surface area contributed by atoms with Crippen molar-refractivity contribution in [1.29, 1.82) is 5.26 Å². The molecule has 0 aliphatic carbocycles. The van der Waals surface area contributed by atoms with Crippen LogP contribution < -0.4 is 13.7 Å². The first kappa shape index (κ1) is 23.6. The van der Waals surface area contributed by atoms with E-state index >= 15 is 0 Å². The van der Waals surface area contributed by atoms with E-state index in [2.05, 4.69) is 0 Å². The monoisotopic (exact) mass is 463 g/mol. The second-order valence-corrected chi connectivity index (χ2v) is 8.53. The summed E-state index contributed by atoms with van der Waals surface area (Å²) in [6.07, 6.45) is 1.40. The summed E-state index contributed by atoms with van der Waals surface area (Å²) in [5, 5.41) is 9.50. The molecular formula is C25H21NO6S. The van der Waals surface area contributed by atoms with Crippen molar-refractivity contribution in [2.24, 2.45) is 0 Å². The van der Waals surface area contributed by atoms with Crippen LogP contribution in [0.4, 0.5) is 0 Å². The van der Waals surface area contributed by atoms with Gasteiger partial charge in [-0.25, -0.2) is 0 Å². The third-order valence-electron chi connectivity index (χ3n) is 4.73. The zero-order valence-electron chi connectivity index (χ0n) is 18.2. The molecule has 0 aromatic heterocycles. The van der Waals surface area contributed by atoms with Crippen LogP contribution in [0.15, 0.2) is 77.2 Å². The van der Waals surface area contributed by atoms with Crippen molar-refractivity contribution in [3.05, 3.63) is 89.0 Å². The predicted octanol–water partition coefficient (Wildman–Crippen LogP) is 4.57. The summed E-state index contributed by atoms with van der Waals surface area (Å²) in [5.41, 5.74) is 1.62. The van der Waals surface area contributed by atoms with Crippen molar-refractivity contribution >= 4 is 22.0 Å². The average Bonchev–Trinajstić information content (AvgIpc) is 2.83. The van der Waals surface area contributed by atoms with E-state index in [0.717, 1.165) is 5.56 Å². The number of ketones is 1. The maximum atomic E-state index is 12.7. The van der Waals surface area contributed by atoms with Crippen LogP contribution in [0.2, 0.25) is 0 Å². The van der Waals surface area contributed by atoms with Crippen LogP contribution in [-0.4, -0.2) is 28.4 Å². The number of carbonyl (C=O) groups is 1. The second-order valence-electron chi connectivity index (χ2n) is 6.99. The Kier molecular flexibility index (Phi) is 7.16. The molecule has 3 aromatic carbocycles. The number of benzene rings is 3. The van der Waals surface area contributed by atoms with Gasteiger partial charge in [-0.2, -0.15) is 13.7 Å². The summed E-state index contributed by atoms with van der Waals surface area (Å²) >= 11 is 0. The number of hydrogen-bond donors (Lipinski definition) is 0. The Morgan fingerprint density at radius 2 is 1.58 bits per heavy atom. The van der Waals surface area contributed by atoms with Gasteiger partial charge in [-0.15, -0.1) is 0 Å². The Labute approximate surface area is 192 Å². The van der Waals surface area contributed by atoms with Crippen LogP contribution in [-0.2, 0) is 10.1 Å². The molecule has 8 heteroatoms. The number of hydrogen-bond acceptors (Lipinski definition) is 7. The molecule has 3 rings (SSSR count). The molecule has 0 bridgehead atoms. The molecule has 0 unspecified atom stereocenters. The number of rotatable bonds is 8. The van der Waals surface area contributed by atoms with Crippen molar-refractivity contribution in [2.45, 2.75) is 11.8 Å². The largest absolute Gasteiger partial charge is 0.497 e. The number of Topliss-reactive ketones (excluding diaryl/α,β-unsaturated/α-hetero) is 1. The minimum absolute atomic E-state index is 0.0102. The van der Waals surface area contributed by atoms with E-state index in [1.165, 1.54) is 50.6 Å². The number of allylic oxidation sites excluding steroid dienone is 1. The Morgan fingerprint density at radius 1 is 0.909 bits per heavy atom. The van der Waals surface area contributed by atoms with Gasteiger partial charge in [0.05, 0.1) is 14.2 Å². The minimum atomic E-state index is -4.07. The standard InChI is InChI=1S/C25H21NO6S/c1-17-4-11-22(12-5-17)33(28,29)32-23-13-6-18(15-24(23)31-3)14-20(16-26)25(27)19-7-9-21(30-2)10-8-19/h4-15H,1-3H3/b20-14+. The van der Waals surface area contributed by atoms with Gasteiger partial charge in [0.25, 0.3) is 0 Å². The first-order valence-electron chi connectivity index (χ1n) is 9.77. The summed E-state index contributed by atoms with van der Waals surface area (Å²) in [7, 11) is -1.19. The van der Waals surface area contributed by atoms with E-state index in [0.29, 0.717) is 16.9 Å². The summed E-state index contributed by atoms with van der Waals surface area (Å²) in [6.45, 7) is 1.85. The average molecular weight is 464 g/mol. The highest BCUT2D eigenvalue weighted by atomic mass is 32.2. The summed E-state index contributed by atoms with van der Waals surface area (Å²) in [6, 6.07) is 19.0. The predicted molar refractivity (Wildman–Crippen MR) is 123 cm³/mol. The Bertz CT molecular complexity index is 1340. The maximum absolute atomic E-state index is 12.7. The Morgan fingerprint density at radius 3 is 2.15 bits per heavy atom. The van der Waals surface area contributed by atoms with Gasteiger partial charge >= 0.3 is 10.1 Å². The Balaban J connectivity index is 1.88. The third-order valence-corrected chi connectivity index (χ3v) is 5.97. The van der Waals surface area contributed by atoms with Crippen LogP contribution in [0.1, 0.15) is 21.5 Å². The fourth-order valence-electron chi connectivity index (χ4n) is 2.93. The van der Waals surface area contributed by atoms with Gasteiger partial charge in [0.15, 0.2) is 11.5 Å². The number of carbonyl (C=O) groups excluding carboxylic acids is 1. The molecule has 0 heterocycles. The number of ether oxygens (including phenoxy) is 2. The molecular weight excluding hydrogens is 442 g/mol. The number of nitriles is 1. The highest BCUT2D eigenvalue weighted by Gasteiger charge is 2.19. The third kappa shape index (κ3) is 5.59. The molecule has 0 spiro atoms. The van der Waals surface area contributed by atoms with E-state index in [9.17, 15) is 18.5 Å². The van der Waals surface area contributed by atoms with Crippen LogP contribution in [0.3, 0.4) is 0 Å². The first-order chi connectivity index (χ1) is 15.8. The zero-order valence-corrected chi connectivity index (χ0v) is 19.0. The fraction of sp³-hybridized carbons (Fsp3) is 0.120. The molecule has 0 aliphatic heterocycles. The van der Waals surface area contributed by atoms with E-state index in [-0.39, 0.29) is 22.0 Å². The van der Waals surface area contributed by atoms with E-state index in [1.807, 2.05) is 13.0 Å². The number of nitrogens with zero attached hydrogens (tertiary/aromatic N) is 1. The van der Waals surface area contributed by atoms with Crippen molar-refractivity contribution < 1.29 is 26.9 Å². The van der Waals surface area contributed by atoms with Crippen molar-refractivity contribution in [1.82, 2.24) is 0 Å². The lowest BCUT2D eigenvalue weighted by Crippen LogP contribution is -2.10. The van der Waals surface area contributed by atoms with Gasteiger partial charge in [0.1, 0.15) is 22.3 Å². The van der Waals surface area contributed by atoms with Crippen LogP contribution in [0, 0.1) is 18.3 Å². The molecule has 3 aromatic rings. The first-order valence-corrected chi connectivity index (χ1v) is 11.2. The van der Waals surface area contributed by atoms with Crippen LogP contribution in [0.25, 0.3) is 6.08 Å². The van der Waals surface area contributed by atoms with E-state index in [4.69, 9.17) is 13.7 Å². The molecule has 33 heavy (non-hydrogen) atoms. The van der Waals surface area contributed by atoms with E-state index < -0.39 is 15.9 Å². The molecule has 0 saturated heterocycles. The molecule has 0 fully saturated rings. The van der Waals surface area contributed by atoms with E-state index in [1.54, 1.807) is 36.4 Å². The van der Waals surface area contributed by atoms with Crippen LogP contribution in [0.5, 0.6) is 17.2 Å². The minimum Gasteiger partial charge on any atom is -0.497 e. The maximum Gasteiger partial charge on any atom is 0.339 e. The van der Waals surface area contributed by atoms with Crippen molar-refractivity contribution in [3.8, 4) is 23.3 Å². The SMILES string of the molecule is COc1ccc(C(=O)/C(C#N)=C/c2ccc(OS(=O)(=O)c3ccc(C)cc3)c(OC)c2)cc1. The molecule has 0 N–H and O–H groups in total. The van der Waals surface area contributed by atoms with Crippen LogP contribution >= 0.6 is 0 Å². The normalized spacial score (nSPS) is 11.4. The zero-order chi connectivity index (χ0) is 24.0. The summed E-state index contributed by atoms with van der Waals surface area (Å²) in [5.74, 6) is 0.250. The molecule has 0 amide bonds. The fourth-order valence-corrected chi connectivity index (χ4v) is 3.87. The molecule has 7 nitrogen and oxygen atoms in total. The topological polar surface area (TPSA) is 103 Å². The van der Waals surface area contributed by atoms with Gasteiger partial charge in [0.2, 0.25) is 5.78 Å². The van der Waals surface area contributed by atoms with Gasteiger partial charge in [-0.3, -0.25) is 4.79 Å². The molecule has 0 atom stereocenters. The lowest BCUT2D eigenvalue weighted by Gasteiger charge is -2.12. The summed E-state index contributed by atoms with van der Waals surface area (Å²) in [4.78, 5) is 12.7. The van der Waals surface area contributed by atoms with Crippen molar-refractivity contribution in [3.63, 3.8) is 0 Å². The molecule has 168 valence electrons. The molecule has 0 saturated carbocycles. The quantitative estimate of drug-likeness (QED) is 0.209. The van der Waals surface area contributed by atoms with Gasteiger partial charge in [-0.05, 0) is 67.1 Å². The number of methoxy groups -OCH3 is 2. The summed E-state index contributed by atoms with van der Waals surface area (Å²) < 4.78 is 40.8. The highest BCUT2D eigenvalue weighted by molar-refractivity contribution is 7.87. The van der Waals surface area contributed by atoms with Crippen molar-refractivity contribution in [2.75, 3.05) is 14.2 Å². The van der Waals surface area contributed by atoms with Gasteiger partial charge in [0, 0.05) is 5.56 Å². The Hall–Kier alpha value is -4.09. The second kappa shape index (κ2) is 10.0. The molecule has 0 aliphatic rings. The molecule has 0 radical (unpaired) electrons.